The average Bonchev–Trinajstić information content (AvgIpc) is 2.02. The number of Topliss-reactive ketones (excluding diaryl/α,β-unsaturated/α-hetero) is 1. The minimum atomic E-state index is -0.420. The van der Waals surface area contributed by atoms with E-state index in [1.54, 1.807) is 19.1 Å². The van der Waals surface area contributed by atoms with Crippen LogP contribution in [0.3, 0.4) is 0 Å². The number of nitrogens with two attached hydrogens (primary N) is 1. The molecule has 0 aliphatic rings. The summed E-state index contributed by atoms with van der Waals surface area (Å²) in [5.41, 5.74) is 5.66. The van der Waals surface area contributed by atoms with E-state index >= 15 is 0 Å². The maximum atomic E-state index is 11.0. The van der Waals surface area contributed by atoms with Crippen LogP contribution in [0.1, 0.15) is 20.8 Å². The SMILES string of the molecule is COBN(C[C@H](N)C(C)=O)SC(C)C. The molecule has 0 bridgehead atoms. The van der Waals surface area contributed by atoms with Crippen molar-refractivity contribution in [3.63, 3.8) is 0 Å². The third-order valence-corrected chi connectivity index (χ3v) is 2.53. The molecule has 0 aromatic rings. The predicted octanol–water partition coefficient (Wildman–Crippen LogP) is 0.174. The van der Waals surface area contributed by atoms with Crippen molar-refractivity contribution in [2.45, 2.75) is 32.1 Å². The molecule has 0 spiro atoms. The van der Waals surface area contributed by atoms with Gasteiger partial charge in [-0.2, -0.15) is 0 Å². The van der Waals surface area contributed by atoms with Crippen molar-refractivity contribution in [1.29, 1.82) is 0 Å². The summed E-state index contributed by atoms with van der Waals surface area (Å²) in [6.45, 7) is 6.22. The molecule has 0 amide bonds. The van der Waals surface area contributed by atoms with Crippen LogP contribution in [0.4, 0.5) is 0 Å². The number of hydrogen-bond acceptors (Lipinski definition) is 5. The van der Waals surface area contributed by atoms with Crippen molar-refractivity contribution in [3.8, 4) is 0 Å². The Balaban J connectivity index is 4.01. The smallest absolute Gasteiger partial charge is 0.373 e. The van der Waals surface area contributed by atoms with Crippen LogP contribution in [0.5, 0.6) is 0 Å². The molecule has 0 aromatic carbocycles. The summed E-state index contributed by atoms with van der Waals surface area (Å²) in [4.78, 5) is 11.0. The molecule has 0 fully saturated rings. The van der Waals surface area contributed by atoms with Gasteiger partial charge in [0.2, 0.25) is 0 Å². The fraction of sp³-hybridized carbons (Fsp3) is 0.875. The van der Waals surface area contributed by atoms with Gasteiger partial charge in [-0.15, -0.1) is 0 Å². The molecular formula is C8H19BN2O2S. The van der Waals surface area contributed by atoms with Gasteiger partial charge in [0.15, 0.2) is 0 Å². The van der Waals surface area contributed by atoms with Gasteiger partial charge in [0.25, 0.3) is 0 Å². The number of nitrogens with zero attached hydrogens (tertiary/aromatic N) is 1. The van der Waals surface area contributed by atoms with Gasteiger partial charge in [0.1, 0.15) is 5.78 Å². The second-order valence-corrected chi connectivity index (χ2v) is 5.12. The summed E-state index contributed by atoms with van der Waals surface area (Å²) in [5, 5.41) is 0.462. The monoisotopic (exact) mass is 218 g/mol. The minimum Gasteiger partial charge on any atom is -0.426 e. The van der Waals surface area contributed by atoms with Crippen molar-refractivity contribution in [2.24, 2.45) is 5.73 Å². The van der Waals surface area contributed by atoms with E-state index in [1.165, 1.54) is 6.92 Å². The topological polar surface area (TPSA) is 55.6 Å². The maximum absolute atomic E-state index is 11.0. The zero-order valence-corrected chi connectivity index (χ0v) is 10.1. The van der Waals surface area contributed by atoms with Gasteiger partial charge in [-0.05, 0) is 6.92 Å². The first-order chi connectivity index (χ1) is 6.47. The number of carbonyl (C=O) groups is 1. The van der Waals surface area contributed by atoms with Crippen LogP contribution < -0.4 is 5.73 Å². The lowest BCUT2D eigenvalue weighted by atomic mass is 10.2. The summed E-state index contributed by atoms with van der Waals surface area (Å²) < 4.78 is 6.99. The highest BCUT2D eigenvalue weighted by Crippen LogP contribution is 2.15. The molecule has 82 valence electrons. The van der Waals surface area contributed by atoms with Gasteiger partial charge >= 0.3 is 7.62 Å². The van der Waals surface area contributed by atoms with Crippen molar-refractivity contribution < 1.29 is 9.45 Å². The van der Waals surface area contributed by atoms with Crippen LogP contribution in [0.15, 0.2) is 0 Å². The third kappa shape index (κ3) is 6.42. The second-order valence-electron chi connectivity index (χ2n) is 3.45. The van der Waals surface area contributed by atoms with Crippen molar-refractivity contribution in [2.75, 3.05) is 13.7 Å². The first-order valence-corrected chi connectivity index (χ1v) is 5.47. The zero-order chi connectivity index (χ0) is 11.1. The fourth-order valence-electron chi connectivity index (χ4n) is 0.916. The molecule has 0 aliphatic heterocycles. The summed E-state index contributed by atoms with van der Waals surface area (Å²) in [5.74, 6) is 0.00968. The lowest BCUT2D eigenvalue weighted by Crippen LogP contribution is -2.41. The van der Waals surface area contributed by atoms with E-state index in [9.17, 15) is 4.79 Å². The van der Waals surface area contributed by atoms with Crippen LogP contribution in [0, 0.1) is 0 Å². The molecule has 14 heavy (non-hydrogen) atoms. The largest absolute Gasteiger partial charge is 0.426 e. The summed E-state index contributed by atoms with van der Waals surface area (Å²) >= 11 is 1.65. The standard InChI is InChI=1S/C8H19BN2O2S/c1-6(2)14-11(9-13-4)5-8(10)7(3)12/h6,8-9H,5,10H2,1-4H3/t8-/m0/s1. The highest BCUT2D eigenvalue weighted by molar-refractivity contribution is 7.98. The molecule has 0 rings (SSSR count). The highest BCUT2D eigenvalue weighted by Gasteiger charge is 2.16. The summed E-state index contributed by atoms with van der Waals surface area (Å²) in [7, 11) is 2.12. The Kier molecular flexibility index (Phi) is 7.26. The molecule has 0 saturated heterocycles. The van der Waals surface area contributed by atoms with Gasteiger partial charge in [0, 0.05) is 18.9 Å². The molecule has 0 heterocycles. The lowest BCUT2D eigenvalue weighted by Gasteiger charge is -2.23. The first kappa shape index (κ1) is 14.0. The van der Waals surface area contributed by atoms with Crippen molar-refractivity contribution >= 4 is 25.3 Å². The number of hydrogen-bond donors (Lipinski definition) is 1. The average molecular weight is 218 g/mol. The van der Waals surface area contributed by atoms with Gasteiger partial charge in [-0.25, -0.2) is 0 Å². The Morgan fingerprint density at radius 1 is 1.64 bits per heavy atom. The fourth-order valence-corrected chi connectivity index (χ4v) is 1.93. The Morgan fingerprint density at radius 3 is 2.57 bits per heavy atom. The molecule has 1 atom stereocenters. The van der Waals surface area contributed by atoms with E-state index in [0.29, 0.717) is 19.4 Å². The first-order valence-electron chi connectivity index (χ1n) is 4.64. The van der Waals surface area contributed by atoms with Gasteiger partial charge in [0.05, 0.1) is 6.04 Å². The Morgan fingerprint density at radius 2 is 2.21 bits per heavy atom. The highest BCUT2D eigenvalue weighted by atomic mass is 32.2. The summed E-state index contributed by atoms with van der Waals surface area (Å²) in [6.07, 6.45) is 0. The van der Waals surface area contributed by atoms with Crippen LogP contribution >= 0.6 is 11.9 Å². The molecule has 0 saturated carbocycles. The van der Waals surface area contributed by atoms with Crippen LogP contribution in [-0.4, -0.2) is 42.6 Å². The molecule has 2 N–H and O–H groups in total. The molecular weight excluding hydrogens is 199 g/mol. The quantitative estimate of drug-likeness (QED) is 0.487. The number of rotatable bonds is 7. The van der Waals surface area contributed by atoms with E-state index in [2.05, 4.69) is 13.8 Å². The Bertz CT molecular complexity index is 181. The minimum absolute atomic E-state index is 0.00968. The van der Waals surface area contributed by atoms with Crippen LogP contribution in [0.2, 0.25) is 0 Å². The lowest BCUT2D eigenvalue weighted by molar-refractivity contribution is -0.118. The van der Waals surface area contributed by atoms with Crippen LogP contribution in [0.25, 0.3) is 0 Å². The van der Waals surface area contributed by atoms with E-state index in [0.717, 1.165) is 0 Å². The second kappa shape index (κ2) is 7.28. The molecule has 0 unspecified atom stereocenters. The summed E-state index contributed by atoms with van der Waals surface area (Å²) in [6, 6.07) is -0.420. The molecule has 0 aromatic heterocycles. The molecule has 0 aliphatic carbocycles. The van der Waals surface area contributed by atoms with Gasteiger partial charge < -0.3 is 10.4 Å². The van der Waals surface area contributed by atoms with Gasteiger partial charge in [-0.1, -0.05) is 25.8 Å². The normalized spacial score (nSPS) is 13.4. The van der Waals surface area contributed by atoms with E-state index < -0.39 is 6.04 Å². The maximum Gasteiger partial charge on any atom is 0.373 e. The molecule has 0 radical (unpaired) electrons. The zero-order valence-electron chi connectivity index (χ0n) is 9.32. The number of ketones is 1. The van der Waals surface area contributed by atoms with E-state index in [4.69, 9.17) is 10.4 Å². The van der Waals surface area contributed by atoms with E-state index in [1.807, 2.05) is 4.22 Å². The number of carbonyl (C=O) groups excluding carboxylic acids is 1. The van der Waals surface area contributed by atoms with Crippen molar-refractivity contribution in [3.05, 3.63) is 0 Å². The Hall–Kier alpha value is -0.0351. The van der Waals surface area contributed by atoms with Crippen molar-refractivity contribution in [1.82, 2.24) is 4.22 Å². The third-order valence-electron chi connectivity index (χ3n) is 1.56. The predicted molar refractivity (Wildman–Crippen MR) is 62.2 cm³/mol. The molecule has 6 heteroatoms. The van der Waals surface area contributed by atoms with Gasteiger partial charge in [-0.3, -0.25) is 9.01 Å². The molecule has 4 nitrogen and oxygen atoms in total. The Labute approximate surface area is 91.0 Å². The van der Waals surface area contributed by atoms with Crippen LogP contribution in [-0.2, 0) is 9.45 Å². The van der Waals surface area contributed by atoms with E-state index in [-0.39, 0.29) is 5.78 Å².